The van der Waals surface area contributed by atoms with Gasteiger partial charge in [-0.15, -0.1) is 0 Å². The maximum Gasteiger partial charge on any atom is 0.387 e. The number of alkyl halides is 2. The van der Waals surface area contributed by atoms with Crippen LogP contribution in [0.5, 0.6) is 11.5 Å². The zero-order valence-corrected chi connectivity index (χ0v) is 14.2. The van der Waals surface area contributed by atoms with Gasteiger partial charge >= 0.3 is 12.6 Å². The third-order valence-electron chi connectivity index (χ3n) is 4.29. The molecule has 1 unspecified atom stereocenters. The molecule has 0 saturated carbocycles. The summed E-state index contributed by atoms with van der Waals surface area (Å²) < 4.78 is 39.9. The fourth-order valence-corrected chi connectivity index (χ4v) is 2.94. The van der Waals surface area contributed by atoms with Crippen molar-refractivity contribution in [2.75, 3.05) is 26.9 Å². The second kappa shape index (κ2) is 9.33. The first-order valence-corrected chi connectivity index (χ1v) is 8.14. The number of benzene rings is 1. The van der Waals surface area contributed by atoms with E-state index in [9.17, 15) is 23.5 Å². The normalized spacial score (nSPS) is 16.2. The largest absolute Gasteiger partial charge is 0.493 e. The lowest BCUT2D eigenvalue weighted by Gasteiger charge is -2.27. The molecule has 1 aromatic carbocycles. The van der Waals surface area contributed by atoms with Crippen LogP contribution in [0.4, 0.5) is 8.78 Å². The molecule has 2 rings (SSSR count). The Morgan fingerprint density at radius 2 is 2.04 bits per heavy atom. The Morgan fingerprint density at radius 3 is 2.62 bits per heavy atom. The van der Waals surface area contributed by atoms with Crippen molar-refractivity contribution in [1.82, 2.24) is 5.32 Å². The van der Waals surface area contributed by atoms with Crippen molar-refractivity contribution >= 4 is 11.9 Å². The van der Waals surface area contributed by atoms with Gasteiger partial charge < -0.3 is 24.6 Å². The number of carbonyl (C=O) groups excluding carboxylic acids is 1. The average molecular weight is 373 g/mol. The van der Waals surface area contributed by atoms with Gasteiger partial charge in [-0.25, -0.2) is 0 Å². The molecule has 1 fully saturated rings. The minimum atomic E-state index is -3.13. The lowest BCUT2D eigenvalue weighted by atomic mass is 9.86. The van der Waals surface area contributed by atoms with E-state index in [0.29, 0.717) is 26.1 Å². The topological polar surface area (TPSA) is 94.1 Å². The molecular weight excluding hydrogens is 352 g/mol. The molecule has 26 heavy (non-hydrogen) atoms. The van der Waals surface area contributed by atoms with Gasteiger partial charge in [0.1, 0.15) is 0 Å². The number of para-hydroxylation sites is 1. The molecule has 0 spiro atoms. The summed E-state index contributed by atoms with van der Waals surface area (Å²) in [6.45, 7) is -2.30. The predicted octanol–water partition coefficient (Wildman–Crippen LogP) is 2.15. The maximum atomic E-state index is 12.6. The Kier molecular flexibility index (Phi) is 7.14. The highest BCUT2D eigenvalue weighted by Gasteiger charge is 2.30. The van der Waals surface area contributed by atoms with Crippen LogP contribution >= 0.6 is 0 Å². The monoisotopic (exact) mass is 373 g/mol. The van der Waals surface area contributed by atoms with Gasteiger partial charge in [-0.2, -0.15) is 8.78 Å². The van der Waals surface area contributed by atoms with E-state index in [1.807, 2.05) is 0 Å². The van der Waals surface area contributed by atoms with Crippen molar-refractivity contribution in [1.29, 1.82) is 0 Å². The van der Waals surface area contributed by atoms with Gasteiger partial charge in [0.25, 0.3) is 5.91 Å². The first-order valence-electron chi connectivity index (χ1n) is 8.14. The van der Waals surface area contributed by atoms with Crippen molar-refractivity contribution in [3.8, 4) is 11.5 Å². The molecule has 1 aliphatic heterocycles. The SMILES string of the molecule is COc1cccc(C(=O)NCC(C(=O)O)C2CCOCC2)c1OC(F)F. The third kappa shape index (κ3) is 5.04. The predicted molar refractivity (Wildman–Crippen MR) is 86.6 cm³/mol. The van der Waals surface area contributed by atoms with Gasteiger partial charge in [0, 0.05) is 19.8 Å². The molecular formula is C17H21F2NO6. The number of hydrogen-bond donors (Lipinski definition) is 2. The summed E-state index contributed by atoms with van der Waals surface area (Å²) in [5.74, 6) is -3.04. The summed E-state index contributed by atoms with van der Waals surface area (Å²) in [6.07, 6.45) is 1.18. The summed E-state index contributed by atoms with van der Waals surface area (Å²) in [5, 5.41) is 11.9. The van der Waals surface area contributed by atoms with Gasteiger partial charge in [0.05, 0.1) is 18.6 Å². The van der Waals surface area contributed by atoms with Crippen molar-refractivity contribution in [3.63, 3.8) is 0 Å². The van der Waals surface area contributed by atoms with E-state index in [0.717, 1.165) is 0 Å². The first kappa shape index (κ1) is 19.9. The molecule has 9 heteroatoms. The maximum absolute atomic E-state index is 12.6. The number of ether oxygens (including phenoxy) is 3. The Hall–Kier alpha value is -2.42. The number of nitrogens with one attached hydrogen (secondary N) is 1. The van der Waals surface area contributed by atoms with Crippen LogP contribution in [-0.4, -0.2) is 50.5 Å². The van der Waals surface area contributed by atoms with E-state index in [2.05, 4.69) is 10.1 Å². The molecule has 144 valence electrons. The van der Waals surface area contributed by atoms with E-state index < -0.39 is 24.4 Å². The van der Waals surface area contributed by atoms with Crippen LogP contribution in [0, 0.1) is 11.8 Å². The molecule has 1 amide bonds. The number of carboxylic acids is 1. The third-order valence-corrected chi connectivity index (χ3v) is 4.29. The summed E-state index contributed by atoms with van der Waals surface area (Å²) in [7, 11) is 1.26. The zero-order valence-electron chi connectivity index (χ0n) is 14.2. The van der Waals surface area contributed by atoms with Crippen molar-refractivity contribution in [3.05, 3.63) is 23.8 Å². The van der Waals surface area contributed by atoms with E-state index in [1.165, 1.54) is 25.3 Å². The van der Waals surface area contributed by atoms with E-state index in [1.54, 1.807) is 0 Å². The highest BCUT2D eigenvalue weighted by atomic mass is 19.3. The molecule has 1 heterocycles. The van der Waals surface area contributed by atoms with E-state index >= 15 is 0 Å². The van der Waals surface area contributed by atoms with Crippen LogP contribution in [0.2, 0.25) is 0 Å². The van der Waals surface area contributed by atoms with Crippen LogP contribution in [0.15, 0.2) is 18.2 Å². The lowest BCUT2D eigenvalue weighted by Crippen LogP contribution is -2.39. The molecule has 1 saturated heterocycles. The quantitative estimate of drug-likeness (QED) is 0.725. The van der Waals surface area contributed by atoms with Gasteiger partial charge in [-0.3, -0.25) is 9.59 Å². The molecule has 1 atom stereocenters. The van der Waals surface area contributed by atoms with Gasteiger partial charge in [-0.1, -0.05) is 6.07 Å². The molecule has 0 radical (unpaired) electrons. The van der Waals surface area contributed by atoms with Crippen LogP contribution in [-0.2, 0) is 9.53 Å². The fourth-order valence-electron chi connectivity index (χ4n) is 2.94. The average Bonchev–Trinajstić information content (AvgIpc) is 2.62. The minimum Gasteiger partial charge on any atom is -0.493 e. The molecule has 0 aliphatic carbocycles. The molecule has 0 aromatic heterocycles. The number of carboxylic acid groups (broad SMARTS) is 1. The summed E-state index contributed by atoms with van der Waals surface area (Å²) in [4.78, 5) is 23.9. The molecule has 7 nitrogen and oxygen atoms in total. The second-order valence-electron chi connectivity index (χ2n) is 5.82. The molecule has 1 aromatic rings. The van der Waals surface area contributed by atoms with E-state index in [-0.39, 0.29) is 29.5 Å². The van der Waals surface area contributed by atoms with Gasteiger partial charge in [0.15, 0.2) is 11.5 Å². The number of carbonyl (C=O) groups is 2. The Balaban J connectivity index is 2.12. The smallest absolute Gasteiger partial charge is 0.387 e. The molecule has 0 bridgehead atoms. The standard InChI is InChI=1S/C17H21F2NO6/c1-24-13-4-2-3-11(14(13)26-17(18)19)15(21)20-9-12(16(22)23)10-5-7-25-8-6-10/h2-4,10,12,17H,5-9H2,1H3,(H,20,21)(H,22,23). The molecule has 2 N–H and O–H groups in total. The minimum absolute atomic E-state index is 0.0165. The zero-order chi connectivity index (χ0) is 19.1. The Bertz CT molecular complexity index is 634. The number of aliphatic carboxylic acids is 1. The summed E-state index contributed by atoms with van der Waals surface area (Å²) in [5.41, 5.74) is -0.152. The number of halogens is 2. The first-order chi connectivity index (χ1) is 12.4. The van der Waals surface area contributed by atoms with Crippen LogP contribution in [0.25, 0.3) is 0 Å². The Morgan fingerprint density at radius 1 is 1.35 bits per heavy atom. The van der Waals surface area contributed by atoms with Crippen LogP contribution < -0.4 is 14.8 Å². The van der Waals surface area contributed by atoms with Crippen molar-refractivity contribution in [2.45, 2.75) is 19.5 Å². The second-order valence-corrected chi connectivity index (χ2v) is 5.82. The molecule has 1 aliphatic rings. The summed E-state index contributed by atoms with van der Waals surface area (Å²) in [6, 6.07) is 4.15. The summed E-state index contributed by atoms with van der Waals surface area (Å²) >= 11 is 0. The van der Waals surface area contributed by atoms with Crippen LogP contribution in [0.3, 0.4) is 0 Å². The van der Waals surface area contributed by atoms with Gasteiger partial charge in [0.2, 0.25) is 0 Å². The van der Waals surface area contributed by atoms with E-state index in [4.69, 9.17) is 9.47 Å². The highest BCUT2D eigenvalue weighted by molar-refractivity contribution is 5.98. The number of hydrogen-bond acceptors (Lipinski definition) is 5. The highest BCUT2D eigenvalue weighted by Crippen LogP contribution is 2.32. The number of rotatable bonds is 8. The van der Waals surface area contributed by atoms with Crippen LogP contribution in [0.1, 0.15) is 23.2 Å². The Labute approximate surface area is 149 Å². The van der Waals surface area contributed by atoms with Crippen molar-refractivity contribution < 1.29 is 37.7 Å². The lowest BCUT2D eigenvalue weighted by molar-refractivity contribution is -0.144. The fraction of sp³-hybridized carbons (Fsp3) is 0.529. The number of methoxy groups -OCH3 is 1. The van der Waals surface area contributed by atoms with Crippen molar-refractivity contribution in [2.24, 2.45) is 11.8 Å². The van der Waals surface area contributed by atoms with Gasteiger partial charge in [-0.05, 0) is 30.9 Å². The number of amides is 1.